The van der Waals surface area contributed by atoms with Crippen molar-refractivity contribution in [3.8, 4) is 0 Å². The Labute approximate surface area is 66.3 Å². The molecule has 0 aliphatic rings. The molecule has 0 aliphatic carbocycles. The van der Waals surface area contributed by atoms with E-state index in [0.717, 1.165) is 4.90 Å². The van der Waals surface area contributed by atoms with Gasteiger partial charge in [0.2, 0.25) is 0 Å². The van der Waals surface area contributed by atoms with Crippen molar-refractivity contribution in [2.45, 2.75) is 4.90 Å². The van der Waals surface area contributed by atoms with E-state index in [1.54, 1.807) is 5.87 Å². The predicted octanol–water partition coefficient (Wildman–Crippen LogP) is 2.40. The van der Waals surface area contributed by atoms with Crippen LogP contribution in [0, 0.1) is 5.41 Å². The second-order valence-electron chi connectivity index (χ2n) is 1.51. The van der Waals surface area contributed by atoms with Crippen LogP contribution in [0.25, 0.3) is 0 Å². The van der Waals surface area contributed by atoms with E-state index < -0.39 is 0 Å². The Morgan fingerprint density at radius 2 is 1.70 bits per heavy atom. The molecule has 0 bridgehead atoms. The van der Waals surface area contributed by atoms with Crippen LogP contribution >= 0.6 is 12.6 Å². The Morgan fingerprint density at radius 3 is 1.90 bits per heavy atom. The van der Waals surface area contributed by atoms with Gasteiger partial charge in [-0.25, -0.2) is 0 Å². The fourth-order valence-electron chi connectivity index (χ4n) is 0.428. The van der Waals surface area contributed by atoms with Crippen LogP contribution in [0.2, 0.25) is 0 Å². The van der Waals surface area contributed by atoms with Gasteiger partial charge in [-0.2, -0.15) is 0 Å². The molecule has 1 aromatic rings. The monoisotopic (exact) mass is 151 g/mol. The van der Waals surface area contributed by atoms with Crippen LogP contribution in [0.15, 0.2) is 41.8 Å². The molecule has 0 saturated heterocycles. The number of thiol groups is 1. The van der Waals surface area contributed by atoms with E-state index in [-0.39, 0.29) is 0 Å². The van der Waals surface area contributed by atoms with Gasteiger partial charge in [-0.15, -0.1) is 12.6 Å². The van der Waals surface area contributed by atoms with Gasteiger partial charge in [0.05, 0.1) is 0 Å². The van der Waals surface area contributed by atoms with E-state index in [1.807, 2.05) is 30.3 Å². The van der Waals surface area contributed by atoms with Crippen LogP contribution < -0.4 is 0 Å². The molecular weight excluding hydrogens is 142 g/mol. The third-order valence-corrected chi connectivity index (χ3v) is 1.05. The quantitative estimate of drug-likeness (QED) is 0.420. The molecule has 0 spiro atoms. The smallest absolute Gasteiger partial charge is 0.00399 e. The lowest BCUT2D eigenvalue weighted by Gasteiger charge is -1.81. The molecule has 0 aromatic heterocycles. The zero-order chi connectivity index (χ0) is 7.82. The highest BCUT2D eigenvalue weighted by Gasteiger charge is 1.73. The zero-order valence-corrected chi connectivity index (χ0v) is 6.44. The average Bonchev–Trinajstić information content (AvgIpc) is 1.91. The van der Waals surface area contributed by atoms with E-state index in [9.17, 15) is 0 Å². The van der Waals surface area contributed by atoms with E-state index in [0.29, 0.717) is 0 Å². The minimum atomic E-state index is 1.02. The Kier molecular flexibility index (Phi) is 5.54. The molecule has 52 valence electrons. The molecule has 0 radical (unpaired) electrons. The molecule has 0 aliphatic heterocycles. The summed E-state index contributed by atoms with van der Waals surface area (Å²) in [5, 5.41) is 5.85. The van der Waals surface area contributed by atoms with Crippen LogP contribution in [0.5, 0.6) is 0 Å². The van der Waals surface area contributed by atoms with Crippen molar-refractivity contribution in [1.82, 2.24) is 0 Å². The summed E-state index contributed by atoms with van der Waals surface area (Å²) in [4.78, 5) is 1.02. The predicted molar refractivity (Wildman–Crippen MR) is 47.0 cm³/mol. The number of rotatable bonds is 0. The summed E-state index contributed by atoms with van der Waals surface area (Å²) in [6.07, 6.45) is 0. The Balaban J connectivity index is 0.000000236. The highest BCUT2D eigenvalue weighted by molar-refractivity contribution is 7.80. The first-order valence-electron chi connectivity index (χ1n) is 2.74. The van der Waals surface area contributed by atoms with Gasteiger partial charge in [-0.3, -0.25) is 5.41 Å². The van der Waals surface area contributed by atoms with Crippen LogP contribution in [0.3, 0.4) is 0 Å². The van der Waals surface area contributed by atoms with Gasteiger partial charge in [0, 0.05) is 4.90 Å². The first-order chi connectivity index (χ1) is 4.81. The maximum Gasteiger partial charge on any atom is 0.00399 e. The summed E-state index contributed by atoms with van der Waals surface area (Å²) in [5.41, 5.74) is 0. The standard InChI is InChI=1S/C6H6S.C2H3N/c7-6-4-2-1-3-5-6;1-2-3/h1-5,7H;3H,1H2. The van der Waals surface area contributed by atoms with Crippen LogP contribution in [-0.2, 0) is 0 Å². The molecule has 1 nitrogen and oxygen atoms in total. The number of nitrogens with one attached hydrogen (secondary N) is 1. The third kappa shape index (κ3) is 5.16. The van der Waals surface area contributed by atoms with Crippen molar-refractivity contribution < 1.29 is 0 Å². The molecule has 0 amide bonds. The summed E-state index contributed by atoms with van der Waals surface area (Å²) >= 11 is 4.08. The molecule has 0 saturated carbocycles. The molecule has 1 N–H and O–H groups in total. The van der Waals surface area contributed by atoms with Crippen molar-refractivity contribution in [2.75, 3.05) is 0 Å². The molecule has 0 fully saturated rings. The fraction of sp³-hybridized carbons (Fsp3) is 0. The minimum absolute atomic E-state index is 1.02. The molecule has 0 unspecified atom stereocenters. The van der Waals surface area contributed by atoms with Gasteiger partial charge in [0.25, 0.3) is 0 Å². The van der Waals surface area contributed by atoms with Gasteiger partial charge >= 0.3 is 0 Å². The summed E-state index contributed by atoms with van der Waals surface area (Å²) in [5.74, 6) is 1.75. The number of hydrogen-bond acceptors (Lipinski definition) is 2. The fourth-order valence-corrected chi connectivity index (χ4v) is 0.600. The van der Waals surface area contributed by atoms with Crippen molar-refractivity contribution in [1.29, 1.82) is 5.41 Å². The van der Waals surface area contributed by atoms with Gasteiger partial charge in [0.15, 0.2) is 0 Å². The minimum Gasteiger partial charge on any atom is -0.259 e. The zero-order valence-electron chi connectivity index (χ0n) is 5.54. The highest BCUT2D eigenvalue weighted by Crippen LogP contribution is 2.00. The molecule has 0 atom stereocenters. The lowest BCUT2D eigenvalue weighted by atomic mass is 10.4. The Bertz CT molecular complexity index is 200. The largest absolute Gasteiger partial charge is 0.259 e. The van der Waals surface area contributed by atoms with Gasteiger partial charge in [-0.1, -0.05) is 18.2 Å². The molecule has 0 heterocycles. The van der Waals surface area contributed by atoms with Crippen molar-refractivity contribution in [3.63, 3.8) is 0 Å². The average molecular weight is 151 g/mol. The van der Waals surface area contributed by atoms with Crippen LogP contribution in [0.1, 0.15) is 0 Å². The molecule has 2 heteroatoms. The summed E-state index contributed by atoms with van der Waals surface area (Å²) in [7, 11) is 0. The maximum atomic E-state index is 5.85. The van der Waals surface area contributed by atoms with Crippen LogP contribution in [-0.4, -0.2) is 5.87 Å². The van der Waals surface area contributed by atoms with E-state index in [2.05, 4.69) is 19.2 Å². The van der Waals surface area contributed by atoms with E-state index in [4.69, 9.17) is 5.41 Å². The maximum absolute atomic E-state index is 5.85. The summed E-state index contributed by atoms with van der Waals surface area (Å²) < 4.78 is 0. The molecule has 10 heavy (non-hydrogen) atoms. The number of hydrogen-bond donors (Lipinski definition) is 2. The normalized spacial score (nSPS) is 6.90. The Morgan fingerprint density at radius 1 is 1.30 bits per heavy atom. The van der Waals surface area contributed by atoms with Crippen molar-refractivity contribution in [2.24, 2.45) is 0 Å². The molecular formula is C8H9NS. The first kappa shape index (κ1) is 9.02. The Hall–Kier alpha value is -0.980. The van der Waals surface area contributed by atoms with Gasteiger partial charge in [-0.05, 0) is 24.6 Å². The van der Waals surface area contributed by atoms with Crippen molar-refractivity contribution in [3.05, 3.63) is 36.9 Å². The van der Waals surface area contributed by atoms with Crippen molar-refractivity contribution >= 4 is 18.5 Å². The first-order valence-corrected chi connectivity index (χ1v) is 3.19. The summed E-state index contributed by atoms with van der Waals surface area (Å²) in [6.45, 7) is 2.90. The second-order valence-corrected chi connectivity index (χ2v) is 2.03. The molecule has 1 aromatic carbocycles. The van der Waals surface area contributed by atoms with E-state index >= 15 is 0 Å². The highest BCUT2D eigenvalue weighted by atomic mass is 32.1. The molecule has 1 rings (SSSR count). The summed E-state index contributed by atoms with van der Waals surface area (Å²) in [6, 6.07) is 9.79. The topological polar surface area (TPSA) is 23.9 Å². The van der Waals surface area contributed by atoms with Gasteiger partial charge < -0.3 is 0 Å². The lowest BCUT2D eigenvalue weighted by Crippen LogP contribution is -1.56. The van der Waals surface area contributed by atoms with Gasteiger partial charge in [0.1, 0.15) is 0 Å². The second kappa shape index (κ2) is 6.14. The SMILES string of the molecule is C=C=N.Sc1ccccc1. The van der Waals surface area contributed by atoms with Crippen LogP contribution in [0.4, 0.5) is 0 Å². The number of benzene rings is 1. The third-order valence-electron chi connectivity index (χ3n) is 0.756. The lowest BCUT2D eigenvalue weighted by molar-refractivity contribution is 1.48. The van der Waals surface area contributed by atoms with E-state index in [1.165, 1.54) is 0 Å².